The third-order valence-electron chi connectivity index (χ3n) is 2.26. The van der Waals surface area contributed by atoms with Crippen molar-refractivity contribution in [2.75, 3.05) is 0 Å². The minimum Gasteiger partial charge on any atom is -0.480 e. The Bertz CT molecular complexity index is 488. The van der Waals surface area contributed by atoms with Crippen molar-refractivity contribution in [3.63, 3.8) is 0 Å². The lowest BCUT2D eigenvalue weighted by molar-refractivity contribution is -0.140. The Hall–Kier alpha value is -2.03. The standard InChI is InChI=1S/C10H14N4O4S/c1-2-3-5-8(19-14-13-5)9(16)12-6(10(17)18)4-7(11)15/h6H,2-4H2,1H3,(H2,11,15)(H,12,16)(H,17,18). The maximum atomic E-state index is 11.9. The van der Waals surface area contributed by atoms with E-state index < -0.39 is 30.2 Å². The smallest absolute Gasteiger partial charge is 0.326 e. The number of rotatable bonds is 7. The van der Waals surface area contributed by atoms with E-state index in [4.69, 9.17) is 10.8 Å². The van der Waals surface area contributed by atoms with Gasteiger partial charge in [0, 0.05) is 0 Å². The van der Waals surface area contributed by atoms with E-state index in [1.165, 1.54) is 0 Å². The average molecular weight is 286 g/mol. The number of primary amides is 1. The molecule has 0 radical (unpaired) electrons. The summed E-state index contributed by atoms with van der Waals surface area (Å²) in [7, 11) is 0. The van der Waals surface area contributed by atoms with E-state index in [0.29, 0.717) is 12.1 Å². The Morgan fingerprint density at radius 3 is 2.68 bits per heavy atom. The number of carboxylic acids is 1. The topological polar surface area (TPSA) is 135 Å². The molecule has 1 aromatic heterocycles. The molecule has 0 spiro atoms. The molecule has 0 fully saturated rings. The molecule has 1 rings (SSSR count). The lowest BCUT2D eigenvalue weighted by Crippen LogP contribution is -2.43. The second kappa shape index (κ2) is 6.78. The molecule has 0 aliphatic carbocycles. The van der Waals surface area contributed by atoms with Crippen molar-refractivity contribution in [3.05, 3.63) is 10.6 Å². The normalized spacial score (nSPS) is 11.8. The molecule has 0 saturated heterocycles. The number of carbonyl (C=O) groups is 3. The summed E-state index contributed by atoms with van der Waals surface area (Å²) in [4.78, 5) is 33.8. The van der Waals surface area contributed by atoms with E-state index >= 15 is 0 Å². The molecule has 0 aliphatic rings. The van der Waals surface area contributed by atoms with Crippen molar-refractivity contribution in [2.45, 2.75) is 32.2 Å². The maximum Gasteiger partial charge on any atom is 0.326 e. The van der Waals surface area contributed by atoms with Gasteiger partial charge in [0.2, 0.25) is 5.91 Å². The summed E-state index contributed by atoms with van der Waals surface area (Å²) in [6, 6.07) is -1.35. The first-order valence-corrected chi connectivity index (χ1v) is 6.36. The van der Waals surface area contributed by atoms with Crippen molar-refractivity contribution >= 4 is 29.3 Å². The van der Waals surface area contributed by atoms with Gasteiger partial charge in [0.1, 0.15) is 10.9 Å². The van der Waals surface area contributed by atoms with Crippen LogP contribution in [0.5, 0.6) is 0 Å². The van der Waals surface area contributed by atoms with Crippen LogP contribution in [0, 0.1) is 0 Å². The summed E-state index contributed by atoms with van der Waals surface area (Å²) in [5.41, 5.74) is 5.45. The summed E-state index contributed by atoms with van der Waals surface area (Å²) in [6.07, 6.45) is 0.901. The van der Waals surface area contributed by atoms with Gasteiger partial charge in [-0.3, -0.25) is 9.59 Å². The first-order chi connectivity index (χ1) is 8.95. The zero-order valence-electron chi connectivity index (χ0n) is 10.3. The molecule has 1 heterocycles. The third-order valence-corrected chi connectivity index (χ3v) is 3.02. The van der Waals surface area contributed by atoms with Gasteiger partial charge in [0.25, 0.3) is 5.91 Å². The van der Waals surface area contributed by atoms with Gasteiger partial charge in [-0.05, 0) is 18.0 Å². The molecule has 1 aromatic rings. The van der Waals surface area contributed by atoms with E-state index in [1.807, 2.05) is 6.92 Å². The lowest BCUT2D eigenvalue weighted by atomic mass is 10.2. The molecule has 0 aromatic carbocycles. The zero-order chi connectivity index (χ0) is 14.4. The van der Waals surface area contributed by atoms with E-state index in [-0.39, 0.29) is 4.88 Å². The van der Waals surface area contributed by atoms with Crippen molar-refractivity contribution in [3.8, 4) is 0 Å². The van der Waals surface area contributed by atoms with Crippen LogP contribution < -0.4 is 11.1 Å². The van der Waals surface area contributed by atoms with Gasteiger partial charge in [0.05, 0.1) is 12.1 Å². The number of aryl methyl sites for hydroxylation is 1. The summed E-state index contributed by atoms with van der Waals surface area (Å²) >= 11 is 0.888. The van der Waals surface area contributed by atoms with Crippen molar-refractivity contribution in [2.24, 2.45) is 5.73 Å². The van der Waals surface area contributed by atoms with Crippen LogP contribution in [0.4, 0.5) is 0 Å². The summed E-state index contributed by atoms with van der Waals surface area (Å²) in [5, 5.41) is 14.9. The molecular weight excluding hydrogens is 272 g/mol. The molecule has 0 bridgehead atoms. The third kappa shape index (κ3) is 4.28. The summed E-state index contributed by atoms with van der Waals surface area (Å²) in [5.74, 6) is -2.72. The van der Waals surface area contributed by atoms with Crippen LogP contribution in [-0.4, -0.2) is 38.5 Å². The largest absolute Gasteiger partial charge is 0.480 e. The van der Waals surface area contributed by atoms with Gasteiger partial charge >= 0.3 is 5.97 Å². The van der Waals surface area contributed by atoms with Crippen LogP contribution in [0.3, 0.4) is 0 Å². The second-order valence-electron chi connectivity index (χ2n) is 3.83. The molecule has 1 atom stereocenters. The van der Waals surface area contributed by atoms with Crippen LogP contribution >= 0.6 is 11.5 Å². The number of carbonyl (C=O) groups excluding carboxylic acids is 2. The number of carboxylic acid groups (broad SMARTS) is 1. The Morgan fingerprint density at radius 2 is 2.16 bits per heavy atom. The predicted molar refractivity (Wildman–Crippen MR) is 66.6 cm³/mol. The molecule has 19 heavy (non-hydrogen) atoms. The monoisotopic (exact) mass is 286 g/mol. The number of nitrogens with zero attached hydrogens (tertiary/aromatic N) is 2. The highest BCUT2D eigenvalue weighted by molar-refractivity contribution is 7.08. The van der Waals surface area contributed by atoms with Crippen molar-refractivity contribution < 1.29 is 19.5 Å². The van der Waals surface area contributed by atoms with Gasteiger partial charge in [-0.25, -0.2) is 4.79 Å². The van der Waals surface area contributed by atoms with E-state index in [0.717, 1.165) is 18.0 Å². The van der Waals surface area contributed by atoms with Gasteiger partial charge in [-0.15, -0.1) is 5.10 Å². The van der Waals surface area contributed by atoms with Gasteiger partial charge in [0.15, 0.2) is 0 Å². The molecule has 1 unspecified atom stereocenters. The Morgan fingerprint density at radius 1 is 1.47 bits per heavy atom. The number of nitrogens with two attached hydrogens (primary N) is 1. The molecule has 104 valence electrons. The van der Waals surface area contributed by atoms with Crippen molar-refractivity contribution in [1.82, 2.24) is 14.9 Å². The Labute approximate surface area is 113 Å². The average Bonchev–Trinajstić information content (AvgIpc) is 2.76. The Kier molecular flexibility index (Phi) is 5.37. The van der Waals surface area contributed by atoms with Crippen molar-refractivity contribution in [1.29, 1.82) is 0 Å². The van der Waals surface area contributed by atoms with Gasteiger partial charge < -0.3 is 16.2 Å². The molecule has 2 amide bonds. The molecular formula is C10H14N4O4S. The van der Waals surface area contributed by atoms with E-state index in [2.05, 4.69) is 14.9 Å². The molecule has 8 nitrogen and oxygen atoms in total. The van der Waals surface area contributed by atoms with Crippen LogP contribution in [0.1, 0.15) is 35.1 Å². The van der Waals surface area contributed by atoms with Gasteiger partial charge in [-0.1, -0.05) is 17.8 Å². The molecule has 4 N–H and O–H groups in total. The van der Waals surface area contributed by atoms with Crippen LogP contribution in [-0.2, 0) is 16.0 Å². The fourth-order valence-corrected chi connectivity index (χ4v) is 2.02. The van der Waals surface area contributed by atoms with E-state index in [1.54, 1.807) is 0 Å². The quantitative estimate of drug-likeness (QED) is 0.621. The number of amides is 2. The fraction of sp³-hybridized carbons (Fsp3) is 0.500. The highest BCUT2D eigenvalue weighted by atomic mass is 32.1. The molecule has 0 aliphatic heterocycles. The van der Waals surface area contributed by atoms with Crippen LogP contribution in [0.15, 0.2) is 0 Å². The molecule has 0 saturated carbocycles. The zero-order valence-corrected chi connectivity index (χ0v) is 11.1. The number of aromatic nitrogens is 2. The fourth-order valence-electron chi connectivity index (χ4n) is 1.41. The van der Waals surface area contributed by atoms with E-state index in [9.17, 15) is 14.4 Å². The first-order valence-electron chi connectivity index (χ1n) is 5.58. The maximum absolute atomic E-state index is 11.9. The number of aliphatic carboxylic acids is 1. The minimum absolute atomic E-state index is 0.262. The summed E-state index contributed by atoms with van der Waals surface area (Å²) in [6.45, 7) is 1.92. The second-order valence-corrected chi connectivity index (χ2v) is 4.59. The number of nitrogens with one attached hydrogen (secondary N) is 1. The molecule has 9 heteroatoms. The number of hydrogen-bond donors (Lipinski definition) is 3. The summed E-state index contributed by atoms with van der Waals surface area (Å²) < 4.78 is 3.67. The predicted octanol–water partition coefficient (Wildman–Crippen LogP) is -0.451. The number of hydrogen-bond acceptors (Lipinski definition) is 6. The van der Waals surface area contributed by atoms with Crippen LogP contribution in [0.2, 0.25) is 0 Å². The highest BCUT2D eigenvalue weighted by Gasteiger charge is 2.25. The van der Waals surface area contributed by atoms with Crippen LogP contribution in [0.25, 0.3) is 0 Å². The Balaban J connectivity index is 2.78. The lowest BCUT2D eigenvalue weighted by Gasteiger charge is -2.12. The minimum atomic E-state index is -1.35. The first kappa shape index (κ1) is 15.0. The SMILES string of the molecule is CCCc1nnsc1C(=O)NC(CC(N)=O)C(=O)O. The van der Waals surface area contributed by atoms with Gasteiger partial charge in [-0.2, -0.15) is 0 Å². The highest BCUT2D eigenvalue weighted by Crippen LogP contribution is 2.12.